The fraction of sp³-hybridized carbons (Fsp3) is 0.381. The zero-order valence-corrected chi connectivity index (χ0v) is 27.5. The minimum Gasteiger partial charge on any atom is -0.351 e. The maximum Gasteiger partial charge on any atom is 0.294 e. The summed E-state index contributed by atoms with van der Waals surface area (Å²) in [6.07, 6.45) is 0. The lowest BCUT2D eigenvalue weighted by atomic mass is 10.1. The van der Waals surface area contributed by atoms with Gasteiger partial charge in [0, 0.05) is 35.3 Å². The molecule has 0 fully saturated rings. The Balaban J connectivity index is 1.51. The summed E-state index contributed by atoms with van der Waals surface area (Å²) < 4.78 is 101. The van der Waals surface area contributed by atoms with Crippen molar-refractivity contribution in [3.8, 4) is 0 Å². The summed E-state index contributed by atoms with van der Waals surface area (Å²) in [7, 11) is -13.9. The second-order valence-corrected chi connectivity index (χ2v) is 15.9. The van der Waals surface area contributed by atoms with Crippen LogP contribution in [0, 0.1) is 0 Å². The van der Waals surface area contributed by atoms with Crippen molar-refractivity contribution in [1.82, 2.24) is 34.5 Å². The first-order chi connectivity index (χ1) is 20.8. The molecule has 244 valence electrons. The fourth-order valence-corrected chi connectivity index (χ4v) is 7.11. The number of rotatable bonds is 13. The maximum absolute atomic E-state index is 12.8. The highest BCUT2D eigenvalue weighted by atomic mass is 32.2. The normalized spacial score (nSPS) is 13.7. The van der Waals surface area contributed by atoms with E-state index in [1.54, 1.807) is 6.92 Å². The smallest absolute Gasteiger partial charge is 0.294 e. The van der Waals surface area contributed by atoms with Crippen molar-refractivity contribution in [3.05, 3.63) is 35.3 Å². The molecule has 0 aliphatic heterocycles. The highest BCUT2D eigenvalue weighted by Crippen LogP contribution is 2.33. The van der Waals surface area contributed by atoms with Gasteiger partial charge < -0.3 is 10.3 Å². The van der Waals surface area contributed by atoms with E-state index in [0.29, 0.717) is 28.9 Å². The number of aromatic nitrogens is 6. The van der Waals surface area contributed by atoms with Gasteiger partial charge in [0.25, 0.3) is 36.3 Å². The minimum atomic E-state index is -4.90. The Morgan fingerprint density at radius 2 is 1.67 bits per heavy atom. The monoisotopic (exact) mass is 723 g/mol. The van der Waals surface area contributed by atoms with Crippen LogP contribution in [0.4, 0.5) is 10.8 Å². The molecule has 24 heteroatoms. The Bertz CT molecular complexity index is 2050. The lowest BCUT2D eigenvalue weighted by molar-refractivity contribution is 0.0951. The van der Waals surface area contributed by atoms with Crippen LogP contribution in [0.5, 0.6) is 0 Å². The van der Waals surface area contributed by atoms with Crippen LogP contribution >= 0.6 is 23.3 Å². The Morgan fingerprint density at radius 3 is 2.24 bits per heavy atom. The SMILES string of the molecule is CC(C)c1nn2nc(C(C)CNC(=O)c3cc(S(=O)(=O)O)cc(S(=O)(=O)O)c3)[nH]c2c1/N=N/c1nc(SCCS(=O)(=O)O)ns1. The van der Waals surface area contributed by atoms with Crippen LogP contribution in [0.25, 0.3) is 5.65 Å². The highest BCUT2D eigenvalue weighted by Gasteiger charge is 2.23. The second kappa shape index (κ2) is 13.1. The molecular formula is C21H25N9O10S5. The van der Waals surface area contributed by atoms with E-state index in [2.05, 4.69) is 40.1 Å². The molecule has 3 heterocycles. The molecule has 3 aromatic heterocycles. The van der Waals surface area contributed by atoms with Gasteiger partial charge in [-0.05, 0) is 24.1 Å². The van der Waals surface area contributed by atoms with E-state index in [-0.39, 0.29) is 28.5 Å². The molecule has 1 atom stereocenters. The summed E-state index contributed by atoms with van der Waals surface area (Å²) in [6, 6.07) is 2.03. The highest BCUT2D eigenvalue weighted by molar-refractivity contribution is 8.00. The van der Waals surface area contributed by atoms with Crippen molar-refractivity contribution in [3.63, 3.8) is 0 Å². The number of amides is 1. The first-order valence-electron chi connectivity index (χ1n) is 12.5. The Labute approximate surface area is 264 Å². The number of nitrogens with one attached hydrogen (secondary N) is 2. The molecule has 45 heavy (non-hydrogen) atoms. The molecule has 4 aromatic rings. The van der Waals surface area contributed by atoms with Gasteiger partial charge in [0.2, 0.25) is 10.3 Å². The van der Waals surface area contributed by atoms with Crippen LogP contribution in [0.1, 0.15) is 54.5 Å². The third kappa shape index (κ3) is 8.87. The van der Waals surface area contributed by atoms with Gasteiger partial charge in [-0.25, -0.2) is 0 Å². The number of aromatic amines is 1. The van der Waals surface area contributed by atoms with Gasteiger partial charge in [-0.2, -0.15) is 39.7 Å². The number of nitrogens with zero attached hydrogens (tertiary/aromatic N) is 7. The number of carbonyl (C=O) groups is 1. The van der Waals surface area contributed by atoms with Gasteiger partial charge in [-0.15, -0.1) is 20.0 Å². The molecule has 19 nitrogen and oxygen atoms in total. The number of thioether (sulfide) groups is 1. The Hall–Kier alpha value is -3.39. The molecule has 1 unspecified atom stereocenters. The molecule has 5 N–H and O–H groups in total. The number of azo groups is 1. The van der Waals surface area contributed by atoms with Crippen molar-refractivity contribution in [2.24, 2.45) is 10.2 Å². The zero-order valence-electron chi connectivity index (χ0n) is 23.4. The van der Waals surface area contributed by atoms with Crippen molar-refractivity contribution in [2.75, 3.05) is 18.1 Å². The Kier molecular flexibility index (Phi) is 10.1. The fourth-order valence-electron chi connectivity index (χ4n) is 3.63. The molecule has 0 saturated carbocycles. The molecule has 0 bridgehead atoms. The van der Waals surface area contributed by atoms with Crippen molar-refractivity contribution in [2.45, 2.75) is 47.6 Å². The molecule has 1 aromatic carbocycles. The number of carbonyl (C=O) groups excluding carboxylic acids is 1. The largest absolute Gasteiger partial charge is 0.351 e. The number of hydrogen-bond donors (Lipinski definition) is 5. The maximum atomic E-state index is 12.8. The standard InChI is InChI=1S/C21H25N9O10S5/c1-10(2)15-16(25-26-20-24-21(29-42-20)41-4-5-43(32,33)34)18-23-17(28-30(18)27-15)11(3)9-22-19(31)12-6-13(44(35,36)37)8-14(7-12)45(38,39)40/h6-8,10-11H,4-5,9H2,1-3H3,(H,22,31)(H,23,28)(H,32,33,34)(H,35,36,37)(H,38,39,40)/b26-25+. The average molecular weight is 724 g/mol. The van der Waals surface area contributed by atoms with E-state index in [9.17, 15) is 39.2 Å². The van der Waals surface area contributed by atoms with Crippen LogP contribution in [0.2, 0.25) is 0 Å². The molecule has 0 aliphatic carbocycles. The van der Waals surface area contributed by atoms with E-state index >= 15 is 0 Å². The van der Waals surface area contributed by atoms with Gasteiger partial charge in [0.1, 0.15) is 5.82 Å². The first kappa shape index (κ1) is 34.5. The summed E-state index contributed by atoms with van der Waals surface area (Å²) in [4.78, 5) is 18.2. The molecule has 0 saturated heterocycles. The van der Waals surface area contributed by atoms with Crippen LogP contribution in [0.3, 0.4) is 0 Å². The average Bonchev–Trinajstić information content (AvgIpc) is 3.63. The van der Waals surface area contributed by atoms with Crippen molar-refractivity contribution in [1.29, 1.82) is 0 Å². The number of H-pyrrole nitrogens is 1. The van der Waals surface area contributed by atoms with E-state index in [1.807, 2.05) is 13.8 Å². The van der Waals surface area contributed by atoms with Gasteiger partial charge in [0.05, 0.1) is 21.2 Å². The molecule has 0 aliphatic rings. The van der Waals surface area contributed by atoms with Crippen LogP contribution in [0.15, 0.2) is 43.4 Å². The molecular weight excluding hydrogens is 699 g/mol. The molecule has 4 rings (SSSR count). The minimum absolute atomic E-state index is 0.0474. The predicted octanol–water partition coefficient (Wildman–Crippen LogP) is 2.45. The van der Waals surface area contributed by atoms with Gasteiger partial charge >= 0.3 is 0 Å². The van der Waals surface area contributed by atoms with Crippen molar-refractivity contribution < 1.29 is 43.7 Å². The zero-order chi connectivity index (χ0) is 33.3. The van der Waals surface area contributed by atoms with Crippen LogP contribution in [-0.2, 0) is 30.4 Å². The van der Waals surface area contributed by atoms with E-state index in [4.69, 9.17) is 4.55 Å². The summed E-state index contributed by atoms with van der Waals surface area (Å²) in [5, 5.41) is 20.2. The lowest BCUT2D eigenvalue weighted by Gasteiger charge is -2.11. The van der Waals surface area contributed by atoms with E-state index in [0.717, 1.165) is 35.4 Å². The van der Waals surface area contributed by atoms with E-state index < -0.39 is 63.3 Å². The quantitative estimate of drug-likeness (QED) is 0.0752. The second-order valence-electron chi connectivity index (χ2n) is 9.69. The predicted molar refractivity (Wildman–Crippen MR) is 159 cm³/mol. The summed E-state index contributed by atoms with van der Waals surface area (Å²) in [5.74, 6) is -1.51. The van der Waals surface area contributed by atoms with Crippen LogP contribution in [-0.4, -0.2) is 92.0 Å². The lowest BCUT2D eigenvalue weighted by Crippen LogP contribution is -2.28. The topological polar surface area (TPSA) is 289 Å². The third-order valence-electron chi connectivity index (χ3n) is 5.84. The van der Waals surface area contributed by atoms with Gasteiger partial charge in [0.15, 0.2) is 11.3 Å². The van der Waals surface area contributed by atoms with E-state index in [1.165, 1.54) is 4.63 Å². The molecule has 0 radical (unpaired) electrons. The summed E-state index contributed by atoms with van der Waals surface area (Å²) >= 11 is 1.95. The molecule has 0 spiro atoms. The Morgan fingerprint density at radius 1 is 1.02 bits per heavy atom. The first-order valence-corrected chi connectivity index (χ1v) is 18.8. The molecule has 1 amide bonds. The number of benzene rings is 1. The number of hydrogen-bond acceptors (Lipinski definition) is 15. The van der Waals surface area contributed by atoms with Gasteiger partial charge in [-0.3, -0.25) is 18.5 Å². The van der Waals surface area contributed by atoms with Crippen LogP contribution < -0.4 is 5.32 Å². The van der Waals surface area contributed by atoms with Gasteiger partial charge in [-0.1, -0.05) is 32.5 Å². The number of fused-ring (bicyclic) bond motifs is 1. The summed E-state index contributed by atoms with van der Waals surface area (Å²) in [6.45, 7) is 5.41. The van der Waals surface area contributed by atoms with Crippen molar-refractivity contribution >= 4 is 76.0 Å². The third-order valence-corrected chi connectivity index (χ3v) is 10.0. The summed E-state index contributed by atoms with van der Waals surface area (Å²) in [5.41, 5.74) is 0.850.